The van der Waals surface area contributed by atoms with Crippen molar-refractivity contribution in [3.8, 4) is 0 Å². The van der Waals surface area contributed by atoms with Crippen molar-refractivity contribution in [3.05, 3.63) is 11.8 Å². The van der Waals surface area contributed by atoms with Gasteiger partial charge < -0.3 is 9.84 Å². The van der Waals surface area contributed by atoms with Crippen molar-refractivity contribution in [2.24, 2.45) is 5.41 Å². The van der Waals surface area contributed by atoms with Crippen molar-refractivity contribution in [3.63, 3.8) is 0 Å². The Balaban J connectivity index is 2.36. The van der Waals surface area contributed by atoms with Crippen LogP contribution in [0.2, 0.25) is 0 Å². The number of carboxylic acids is 1. The van der Waals surface area contributed by atoms with E-state index >= 15 is 0 Å². The summed E-state index contributed by atoms with van der Waals surface area (Å²) >= 11 is 0. The molecule has 11 heavy (non-hydrogen) atoms. The van der Waals surface area contributed by atoms with Crippen LogP contribution in [-0.2, 0) is 9.53 Å². The highest BCUT2D eigenvalue weighted by Crippen LogP contribution is 2.48. The molecule has 0 saturated heterocycles. The van der Waals surface area contributed by atoms with Gasteiger partial charge >= 0.3 is 5.97 Å². The van der Waals surface area contributed by atoms with E-state index in [1.807, 2.05) is 0 Å². The van der Waals surface area contributed by atoms with E-state index in [4.69, 9.17) is 9.84 Å². The highest BCUT2D eigenvalue weighted by molar-refractivity contribution is 5.79. The quantitative estimate of drug-likeness (QED) is 0.616. The van der Waals surface area contributed by atoms with Crippen LogP contribution in [0.25, 0.3) is 0 Å². The Kier molecular flexibility index (Phi) is 1.09. The van der Waals surface area contributed by atoms with Gasteiger partial charge in [0.25, 0.3) is 0 Å². The van der Waals surface area contributed by atoms with Crippen LogP contribution < -0.4 is 0 Å². The van der Waals surface area contributed by atoms with E-state index in [2.05, 4.69) is 0 Å². The van der Waals surface area contributed by atoms with Crippen LogP contribution >= 0.6 is 0 Å². The first-order chi connectivity index (χ1) is 5.13. The highest BCUT2D eigenvalue weighted by atomic mass is 16.5. The molecule has 1 saturated carbocycles. The van der Waals surface area contributed by atoms with Crippen molar-refractivity contribution >= 4 is 5.97 Å². The number of aliphatic carboxylic acids is 1. The van der Waals surface area contributed by atoms with Crippen LogP contribution in [0.15, 0.2) is 11.8 Å². The first-order valence-corrected chi connectivity index (χ1v) is 3.71. The van der Waals surface area contributed by atoms with Gasteiger partial charge in [-0.3, -0.25) is 4.79 Å². The molecule has 3 nitrogen and oxygen atoms in total. The van der Waals surface area contributed by atoms with Crippen LogP contribution in [0, 0.1) is 5.41 Å². The number of rotatable bonds is 1. The fourth-order valence-corrected chi connectivity index (χ4v) is 1.81. The maximum Gasteiger partial charge on any atom is 0.313 e. The van der Waals surface area contributed by atoms with Gasteiger partial charge in [-0.15, -0.1) is 0 Å². The molecule has 2 atom stereocenters. The summed E-state index contributed by atoms with van der Waals surface area (Å²) in [5.74, 6) is -0.727. The smallest absolute Gasteiger partial charge is 0.313 e. The van der Waals surface area contributed by atoms with Crippen molar-refractivity contribution in [1.82, 2.24) is 0 Å². The predicted molar refractivity (Wildman–Crippen MR) is 37.9 cm³/mol. The Bertz CT molecular complexity index is 244. The molecular formula is C8H10O3. The molecule has 0 spiro atoms. The summed E-state index contributed by atoms with van der Waals surface area (Å²) in [4.78, 5) is 10.8. The lowest BCUT2D eigenvalue weighted by atomic mass is 9.85. The van der Waals surface area contributed by atoms with Crippen molar-refractivity contribution in [2.75, 3.05) is 0 Å². The lowest BCUT2D eigenvalue weighted by Crippen LogP contribution is -2.28. The standard InChI is InChI=1S/C8H10O3/c1-8(7(9)10)3-6-2-5(8)4-11-6/h4,6H,2-3H2,1H3,(H,9,10). The molecule has 2 rings (SSSR count). The third kappa shape index (κ3) is 0.708. The summed E-state index contributed by atoms with van der Waals surface area (Å²) in [5, 5.41) is 8.90. The van der Waals surface area contributed by atoms with Crippen molar-refractivity contribution in [2.45, 2.75) is 25.9 Å². The summed E-state index contributed by atoms with van der Waals surface area (Å²) in [5.41, 5.74) is 0.304. The molecule has 2 bridgehead atoms. The van der Waals surface area contributed by atoms with Crippen LogP contribution in [-0.4, -0.2) is 17.2 Å². The van der Waals surface area contributed by atoms with Crippen LogP contribution in [0.3, 0.4) is 0 Å². The Morgan fingerprint density at radius 2 is 2.64 bits per heavy atom. The Hall–Kier alpha value is -0.990. The first kappa shape index (κ1) is 6.70. The number of carbonyl (C=O) groups is 1. The molecule has 60 valence electrons. The third-order valence-electron chi connectivity index (χ3n) is 2.67. The summed E-state index contributed by atoms with van der Waals surface area (Å²) in [6, 6.07) is 0. The minimum atomic E-state index is -0.727. The molecule has 0 amide bonds. The zero-order valence-corrected chi connectivity index (χ0v) is 6.33. The number of hydrogen-bond acceptors (Lipinski definition) is 2. The second-order valence-corrected chi connectivity index (χ2v) is 3.45. The number of carboxylic acid groups (broad SMARTS) is 1. The van der Waals surface area contributed by atoms with Crippen LogP contribution in [0.4, 0.5) is 0 Å². The molecule has 0 aromatic rings. The number of fused-ring (bicyclic) bond motifs is 2. The van der Waals surface area contributed by atoms with E-state index in [1.54, 1.807) is 13.2 Å². The Labute approximate surface area is 64.7 Å². The normalized spacial score (nSPS) is 40.1. The average Bonchev–Trinajstić information content (AvgIpc) is 2.45. The van der Waals surface area contributed by atoms with E-state index in [1.165, 1.54) is 0 Å². The minimum absolute atomic E-state index is 0.131. The fraction of sp³-hybridized carbons (Fsp3) is 0.625. The van der Waals surface area contributed by atoms with E-state index in [-0.39, 0.29) is 6.10 Å². The van der Waals surface area contributed by atoms with Gasteiger partial charge in [-0.25, -0.2) is 0 Å². The second-order valence-electron chi connectivity index (χ2n) is 3.45. The predicted octanol–water partition coefficient (Wildman–Crippen LogP) is 1.15. The minimum Gasteiger partial charge on any atom is -0.498 e. The largest absolute Gasteiger partial charge is 0.498 e. The number of hydrogen-bond donors (Lipinski definition) is 1. The van der Waals surface area contributed by atoms with E-state index < -0.39 is 11.4 Å². The van der Waals surface area contributed by atoms with Gasteiger partial charge in [-0.2, -0.15) is 0 Å². The fourth-order valence-electron chi connectivity index (χ4n) is 1.81. The van der Waals surface area contributed by atoms with Gasteiger partial charge in [0.1, 0.15) is 6.10 Å². The van der Waals surface area contributed by atoms with Gasteiger partial charge in [0, 0.05) is 12.8 Å². The Morgan fingerprint density at radius 3 is 2.91 bits per heavy atom. The lowest BCUT2D eigenvalue weighted by molar-refractivity contribution is -0.146. The zero-order chi connectivity index (χ0) is 8.06. The molecule has 2 aliphatic rings. The van der Waals surface area contributed by atoms with Gasteiger partial charge in [-0.1, -0.05) is 0 Å². The van der Waals surface area contributed by atoms with E-state index in [9.17, 15) is 4.79 Å². The third-order valence-corrected chi connectivity index (χ3v) is 2.67. The summed E-state index contributed by atoms with van der Waals surface area (Å²) in [6.45, 7) is 1.77. The second kappa shape index (κ2) is 1.78. The molecule has 1 heterocycles. The molecule has 2 unspecified atom stereocenters. The van der Waals surface area contributed by atoms with E-state index in [0.717, 1.165) is 12.0 Å². The maximum absolute atomic E-state index is 10.8. The van der Waals surface area contributed by atoms with Gasteiger partial charge in [0.15, 0.2) is 0 Å². The average molecular weight is 154 g/mol. The molecule has 0 radical (unpaired) electrons. The van der Waals surface area contributed by atoms with Gasteiger partial charge in [0.2, 0.25) is 0 Å². The van der Waals surface area contributed by atoms with Gasteiger partial charge in [0.05, 0.1) is 11.7 Å². The summed E-state index contributed by atoms with van der Waals surface area (Å²) in [6.07, 6.45) is 3.19. The molecular weight excluding hydrogens is 144 g/mol. The van der Waals surface area contributed by atoms with Crippen molar-refractivity contribution in [1.29, 1.82) is 0 Å². The SMILES string of the molecule is CC1(C(=O)O)CC2CC1=CO2. The molecule has 0 aromatic carbocycles. The van der Waals surface area contributed by atoms with Crippen molar-refractivity contribution < 1.29 is 14.6 Å². The Morgan fingerprint density at radius 1 is 1.91 bits per heavy atom. The van der Waals surface area contributed by atoms with E-state index in [0.29, 0.717) is 6.42 Å². The molecule has 1 aliphatic carbocycles. The van der Waals surface area contributed by atoms with Gasteiger partial charge in [-0.05, 0) is 12.5 Å². The molecule has 1 aliphatic heterocycles. The molecule has 0 aromatic heterocycles. The summed E-state index contributed by atoms with van der Waals surface area (Å²) in [7, 11) is 0. The molecule has 1 fully saturated rings. The monoisotopic (exact) mass is 154 g/mol. The van der Waals surface area contributed by atoms with Crippen LogP contribution in [0.1, 0.15) is 19.8 Å². The highest BCUT2D eigenvalue weighted by Gasteiger charge is 2.49. The lowest BCUT2D eigenvalue weighted by Gasteiger charge is -2.22. The maximum atomic E-state index is 10.8. The molecule has 1 N–H and O–H groups in total. The van der Waals surface area contributed by atoms with Crippen LogP contribution in [0.5, 0.6) is 0 Å². The summed E-state index contributed by atoms with van der Waals surface area (Å²) < 4.78 is 5.17. The first-order valence-electron chi connectivity index (χ1n) is 3.71. The number of ether oxygens (including phenoxy) is 1. The molecule has 3 heteroatoms. The topological polar surface area (TPSA) is 46.5 Å². The zero-order valence-electron chi connectivity index (χ0n) is 6.33.